The van der Waals surface area contributed by atoms with Gasteiger partial charge in [-0.15, -0.1) is 29.8 Å². The van der Waals surface area contributed by atoms with Crippen molar-refractivity contribution in [1.82, 2.24) is 0 Å². The standard InChI is InChI=1S/C10H11O2.Re/c1-7(2)8-5-3-4-6-9(8)10(11)12;/h3-5,7H,1-2H3,(H,11,12);/q-1;. The molecule has 2 nitrogen and oxygen atoms in total. The number of carboxylic acid groups (broad SMARTS) is 1. The summed E-state index contributed by atoms with van der Waals surface area (Å²) in [6.07, 6.45) is 0. The summed E-state index contributed by atoms with van der Waals surface area (Å²) in [6, 6.07) is 7.97. The molecule has 0 aliphatic carbocycles. The SMILES string of the molecule is CC(C)c1ccc[c-]c1C(=O)O.[Re]. The summed E-state index contributed by atoms with van der Waals surface area (Å²) >= 11 is 0. The second-order valence-electron chi connectivity index (χ2n) is 2.96. The Morgan fingerprint density at radius 1 is 1.54 bits per heavy atom. The van der Waals surface area contributed by atoms with E-state index in [2.05, 4.69) is 6.07 Å². The van der Waals surface area contributed by atoms with Crippen LogP contribution in [0.15, 0.2) is 18.2 Å². The van der Waals surface area contributed by atoms with Crippen LogP contribution in [-0.4, -0.2) is 11.1 Å². The maximum atomic E-state index is 10.7. The van der Waals surface area contributed by atoms with E-state index in [0.29, 0.717) is 0 Å². The molecule has 1 N–H and O–H groups in total. The summed E-state index contributed by atoms with van der Waals surface area (Å²) in [4.78, 5) is 10.7. The summed E-state index contributed by atoms with van der Waals surface area (Å²) in [6.45, 7) is 3.94. The molecule has 3 heteroatoms. The van der Waals surface area contributed by atoms with Crippen molar-refractivity contribution >= 4 is 5.97 Å². The van der Waals surface area contributed by atoms with Crippen LogP contribution in [0, 0.1) is 6.07 Å². The van der Waals surface area contributed by atoms with Gasteiger partial charge < -0.3 is 9.90 Å². The first-order chi connectivity index (χ1) is 5.63. The summed E-state index contributed by atoms with van der Waals surface area (Å²) in [7, 11) is 0. The number of carbonyl (C=O) groups is 1. The van der Waals surface area contributed by atoms with Gasteiger partial charge in [0.15, 0.2) is 0 Å². The maximum absolute atomic E-state index is 10.7. The quantitative estimate of drug-likeness (QED) is 0.832. The molecule has 0 saturated heterocycles. The predicted molar refractivity (Wildman–Crippen MR) is 46.3 cm³/mol. The average Bonchev–Trinajstić information content (AvgIpc) is 2.04. The summed E-state index contributed by atoms with van der Waals surface area (Å²) in [5, 5.41) is 8.78. The Labute approximate surface area is 91.6 Å². The Bertz CT molecular complexity index is 295. The van der Waals surface area contributed by atoms with Crippen molar-refractivity contribution < 1.29 is 30.3 Å². The van der Waals surface area contributed by atoms with Crippen LogP contribution < -0.4 is 0 Å². The Kier molecular flexibility index (Phi) is 4.90. The summed E-state index contributed by atoms with van der Waals surface area (Å²) < 4.78 is 0. The molecule has 71 valence electrons. The molecule has 0 aliphatic rings. The molecule has 0 bridgehead atoms. The fourth-order valence-corrected chi connectivity index (χ4v) is 1.12. The first-order valence-electron chi connectivity index (χ1n) is 3.87. The van der Waals surface area contributed by atoms with Crippen molar-refractivity contribution in [3.05, 3.63) is 35.4 Å². The molecule has 1 radical (unpaired) electrons. The van der Waals surface area contributed by atoms with Gasteiger partial charge in [-0.05, 0) is 0 Å². The van der Waals surface area contributed by atoms with Gasteiger partial charge >= 0.3 is 0 Å². The van der Waals surface area contributed by atoms with E-state index in [9.17, 15) is 4.79 Å². The van der Waals surface area contributed by atoms with Crippen LogP contribution in [0.1, 0.15) is 35.7 Å². The molecule has 0 amide bonds. The Hall–Kier alpha value is -0.648. The van der Waals surface area contributed by atoms with E-state index in [0.717, 1.165) is 5.56 Å². The number of benzene rings is 1. The molecule has 0 saturated carbocycles. The number of hydrogen-bond donors (Lipinski definition) is 1. The first-order valence-corrected chi connectivity index (χ1v) is 3.87. The Morgan fingerprint density at radius 3 is 2.54 bits per heavy atom. The van der Waals surface area contributed by atoms with Crippen LogP contribution >= 0.6 is 0 Å². The summed E-state index contributed by atoms with van der Waals surface area (Å²) in [5.74, 6) is -0.673. The fraction of sp³-hybridized carbons (Fsp3) is 0.300. The molecule has 0 spiro atoms. The average molecular weight is 349 g/mol. The maximum Gasteiger partial charge on any atom is 0.247 e. The third-order valence-corrected chi connectivity index (χ3v) is 1.72. The summed E-state index contributed by atoms with van der Waals surface area (Å²) in [5.41, 5.74) is 1.12. The molecular formula is C10H11O2Re-. The van der Waals surface area contributed by atoms with Crippen molar-refractivity contribution in [2.75, 3.05) is 0 Å². The minimum atomic E-state index is -0.903. The minimum absolute atomic E-state index is 0. The molecule has 1 aromatic rings. The van der Waals surface area contributed by atoms with Crippen LogP contribution in [0.3, 0.4) is 0 Å². The van der Waals surface area contributed by atoms with Gasteiger partial charge in [-0.1, -0.05) is 25.3 Å². The smallest absolute Gasteiger partial charge is 0.247 e. The molecule has 13 heavy (non-hydrogen) atoms. The molecule has 0 aromatic heterocycles. The van der Waals surface area contributed by atoms with Crippen LogP contribution in [0.5, 0.6) is 0 Å². The zero-order chi connectivity index (χ0) is 9.14. The molecule has 0 fully saturated rings. The van der Waals surface area contributed by atoms with Gasteiger partial charge in [0.1, 0.15) is 0 Å². The zero-order valence-corrected chi connectivity index (χ0v) is 10.3. The number of aromatic carboxylic acids is 1. The van der Waals surface area contributed by atoms with Crippen LogP contribution in [0.4, 0.5) is 0 Å². The Balaban J connectivity index is 0.00000144. The molecular weight excluding hydrogens is 338 g/mol. The fourth-order valence-electron chi connectivity index (χ4n) is 1.12. The zero-order valence-electron chi connectivity index (χ0n) is 7.54. The van der Waals surface area contributed by atoms with E-state index in [1.54, 1.807) is 6.07 Å². The molecule has 0 unspecified atom stereocenters. The largest absolute Gasteiger partial charge is 0.521 e. The molecule has 0 atom stereocenters. The number of hydrogen-bond acceptors (Lipinski definition) is 1. The van der Waals surface area contributed by atoms with Gasteiger partial charge in [-0.25, -0.2) is 0 Å². The van der Waals surface area contributed by atoms with E-state index >= 15 is 0 Å². The third kappa shape index (κ3) is 2.95. The third-order valence-electron chi connectivity index (χ3n) is 1.72. The minimum Gasteiger partial charge on any atom is -0.521 e. The van der Waals surface area contributed by atoms with Crippen LogP contribution in [-0.2, 0) is 20.4 Å². The Morgan fingerprint density at radius 2 is 2.15 bits per heavy atom. The van der Waals surface area contributed by atoms with E-state index in [1.807, 2.05) is 26.0 Å². The van der Waals surface area contributed by atoms with Crippen molar-refractivity contribution in [3.8, 4) is 0 Å². The van der Waals surface area contributed by atoms with E-state index in [-0.39, 0.29) is 31.9 Å². The van der Waals surface area contributed by atoms with Gasteiger partial charge in [-0.3, -0.25) is 0 Å². The first kappa shape index (κ1) is 12.4. The second-order valence-corrected chi connectivity index (χ2v) is 2.96. The normalized spacial score (nSPS) is 9.46. The second kappa shape index (κ2) is 5.16. The van der Waals surface area contributed by atoms with Crippen LogP contribution in [0.25, 0.3) is 0 Å². The van der Waals surface area contributed by atoms with E-state index < -0.39 is 5.97 Å². The molecule has 1 aromatic carbocycles. The van der Waals surface area contributed by atoms with Crippen molar-refractivity contribution in [1.29, 1.82) is 0 Å². The molecule has 0 heterocycles. The van der Waals surface area contributed by atoms with E-state index in [1.165, 1.54) is 0 Å². The van der Waals surface area contributed by atoms with Crippen molar-refractivity contribution in [2.45, 2.75) is 19.8 Å². The monoisotopic (exact) mass is 350 g/mol. The topological polar surface area (TPSA) is 37.3 Å². The van der Waals surface area contributed by atoms with Gasteiger partial charge in [0.05, 0.1) is 0 Å². The van der Waals surface area contributed by atoms with Gasteiger partial charge in [0.25, 0.3) is 0 Å². The molecule has 0 aliphatic heterocycles. The van der Waals surface area contributed by atoms with Gasteiger partial charge in [-0.2, -0.15) is 0 Å². The van der Waals surface area contributed by atoms with Gasteiger partial charge in [0.2, 0.25) is 5.97 Å². The number of rotatable bonds is 2. The van der Waals surface area contributed by atoms with E-state index in [4.69, 9.17) is 5.11 Å². The van der Waals surface area contributed by atoms with Crippen molar-refractivity contribution in [3.63, 3.8) is 0 Å². The van der Waals surface area contributed by atoms with Crippen molar-refractivity contribution in [2.24, 2.45) is 0 Å². The van der Waals surface area contributed by atoms with Crippen LogP contribution in [0.2, 0.25) is 0 Å². The predicted octanol–water partition coefficient (Wildman–Crippen LogP) is 2.31. The van der Waals surface area contributed by atoms with Gasteiger partial charge in [0, 0.05) is 20.4 Å². The molecule has 1 rings (SSSR count). The number of carboxylic acids is 1.